The van der Waals surface area contributed by atoms with Crippen LogP contribution in [0.25, 0.3) is 0 Å². The fraction of sp³-hybridized carbons (Fsp3) is 0.562. The molecule has 128 valence electrons. The van der Waals surface area contributed by atoms with Crippen molar-refractivity contribution >= 4 is 5.91 Å². The fourth-order valence-electron chi connectivity index (χ4n) is 2.91. The van der Waals surface area contributed by atoms with Crippen LogP contribution in [0.4, 0.5) is 0 Å². The molecule has 3 rings (SSSR count). The third-order valence-corrected chi connectivity index (χ3v) is 3.99. The number of hydrogen-bond acceptors (Lipinski definition) is 7. The summed E-state index contributed by atoms with van der Waals surface area (Å²) >= 11 is 0. The minimum atomic E-state index is -0.0286. The minimum absolute atomic E-state index is 0.0286. The van der Waals surface area contributed by atoms with Gasteiger partial charge in [0.05, 0.1) is 6.54 Å². The van der Waals surface area contributed by atoms with E-state index >= 15 is 0 Å². The number of amides is 1. The molecular weight excluding hydrogens is 308 g/mol. The summed E-state index contributed by atoms with van der Waals surface area (Å²) in [4.78, 5) is 25.3. The first kappa shape index (κ1) is 16.5. The Kier molecular flexibility index (Phi) is 4.84. The summed E-state index contributed by atoms with van der Waals surface area (Å²) in [5, 5.41) is 7.89. The SMILES string of the molecule is Cc1cc(C(=O)N2CCCN(Cc3nnc(C)o3)CC2)nc(C)n1. The van der Waals surface area contributed by atoms with Gasteiger partial charge < -0.3 is 9.32 Å². The van der Waals surface area contributed by atoms with Crippen LogP contribution in [0.1, 0.15) is 40.2 Å². The largest absolute Gasteiger partial charge is 0.424 e. The molecule has 0 atom stereocenters. The molecule has 8 heteroatoms. The average Bonchev–Trinajstić information content (AvgIpc) is 2.79. The van der Waals surface area contributed by atoms with E-state index in [-0.39, 0.29) is 5.91 Å². The predicted molar refractivity (Wildman–Crippen MR) is 86.3 cm³/mol. The lowest BCUT2D eigenvalue weighted by Gasteiger charge is -2.21. The van der Waals surface area contributed by atoms with Crippen LogP contribution >= 0.6 is 0 Å². The van der Waals surface area contributed by atoms with E-state index in [1.807, 2.05) is 11.8 Å². The van der Waals surface area contributed by atoms with Crippen molar-refractivity contribution in [2.75, 3.05) is 26.2 Å². The highest BCUT2D eigenvalue weighted by Gasteiger charge is 2.22. The molecule has 0 aromatic carbocycles. The minimum Gasteiger partial charge on any atom is -0.424 e. The normalized spacial score (nSPS) is 16.2. The first-order valence-corrected chi connectivity index (χ1v) is 8.14. The van der Waals surface area contributed by atoms with E-state index in [2.05, 4.69) is 25.1 Å². The molecule has 1 aliphatic heterocycles. The van der Waals surface area contributed by atoms with Crippen LogP contribution in [-0.4, -0.2) is 62.1 Å². The van der Waals surface area contributed by atoms with E-state index in [1.54, 1.807) is 19.9 Å². The summed E-state index contributed by atoms with van der Waals surface area (Å²) in [6.07, 6.45) is 0.905. The smallest absolute Gasteiger partial charge is 0.272 e. The van der Waals surface area contributed by atoms with Crippen LogP contribution in [-0.2, 0) is 6.54 Å². The van der Waals surface area contributed by atoms with Gasteiger partial charge in [0.15, 0.2) is 0 Å². The highest BCUT2D eigenvalue weighted by atomic mass is 16.4. The van der Waals surface area contributed by atoms with Gasteiger partial charge in [0, 0.05) is 38.8 Å². The number of rotatable bonds is 3. The van der Waals surface area contributed by atoms with Crippen LogP contribution in [0, 0.1) is 20.8 Å². The molecule has 0 aliphatic carbocycles. The van der Waals surface area contributed by atoms with Crippen molar-refractivity contribution in [2.45, 2.75) is 33.7 Å². The monoisotopic (exact) mass is 330 g/mol. The predicted octanol–water partition coefficient (Wildman–Crippen LogP) is 1.13. The maximum Gasteiger partial charge on any atom is 0.272 e. The van der Waals surface area contributed by atoms with Crippen LogP contribution in [0.2, 0.25) is 0 Å². The lowest BCUT2D eigenvalue weighted by atomic mass is 10.2. The maximum absolute atomic E-state index is 12.7. The molecule has 0 N–H and O–H groups in total. The van der Waals surface area contributed by atoms with E-state index in [1.165, 1.54) is 0 Å². The van der Waals surface area contributed by atoms with Crippen molar-refractivity contribution in [1.29, 1.82) is 0 Å². The van der Waals surface area contributed by atoms with E-state index < -0.39 is 0 Å². The average molecular weight is 330 g/mol. The number of nitrogens with zero attached hydrogens (tertiary/aromatic N) is 6. The molecule has 2 aromatic rings. The molecule has 3 heterocycles. The Hall–Kier alpha value is -2.35. The second kappa shape index (κ2) is 7.04. The number of carbonyl (C=O) groups is 1. The van der Waals surface area contributed by atoms with Crippen molar-refractivity contribution in [3.8, 4) is 0 Å². The summed E-state index contributed by atoms with van der Waals surface area (Å²) in [7, 11) is 0. The number of carbonyl (C=O) groups excluding carboxylic acids is 1. The molecule has 2 aromatic heterocycles. The van der Waals surface area contributed by atoms with Crippen molar-refractivity contribution in [2.24, 2.45) is 0 Å². The summed E-state index contributed by atoms with van der Waals surface area (Å²) in [6, 6.07) is 1.75. The van der Waals surface area contributed by atoms with Gasteiger partial charge in [-0.1, -0.05) is 0 Å². The zero-order valence-corrected chi connectivity index (χ0v) is 14.3. The molecule has 0 saturated carbocycles. The lowest BCUT2D eigenvalue weighted by molar-refractivity contribution is 0.0754. The second-order valence-corrected chi connectivity index (χ2v) is 6.08. The van der Waals surface area contributed by atoms with Crippen LogP contribution in [0.15, 0.2) is 10.5 Å². The van der Waals surface area contributed by atoms with Crippen LogP contribution in [0.3, 0.4) is 0 Å². The van der Waals surface area contributed by atoms with Gasteiger partial charge in [-0.2, -0.15) is 0 Å². The van der Waals surface area contributed by atoms with Gasteiger partial charge in [0.1, 0.15) is 11.5 Å². The standard InChI is InChI=1S/C16H22N6O2/c1-11-9-14(18-12(2)17-11)16(23)22-6-4-5-21(7-8-22)10-15-20-19-13(3)24-15/h9H,4-8,10H2,1-3H3. The van der Waals surface area contributed by atoms with E-state index in [0.29, 0.717) is 36.4 Å². The Morgan fingerprint density at radius 1 is 1.12 bits per heavy atom. The molecule has 1 saturated heterocycles. The van der Waals surface area contributed by atoms with Crippen molar-refractivity contribution < 1.29 is 9.21 Å². The molecule has 0 unspecified atom stereocenters. The summed E-state index contributed by atoms with van der Waals surface area (Å²) in [6.45, 7) is 9.14. The van der Waals surface area contributed by atoms with Gasteiger partial charge in [0.25, 0.3) is 5.91 Å². The topological polar surface area (TPSA) is 88.3 Å². The number of hydrogen-bond donors (Lipinski definition) is 0. The summed E-state index contributed by atoms with van der Waals surface area (Å²) < 4.78 is 5.44. The molecule has 0 radical (unpaired) electrons. The molecule has 0 bridgehead atoms. The summed E-state index contributed by atoms with van der Waals surface area (Å²) in [5.74, 6) is 1.79. The Labute approximate surface area is 140 Å². The Bertz CT molecular complexity index is 709. The molecule has 8 nitrogen and oxygen atoms in total. The number of aryl methyl sites for hydroxylation is 3. The molecular formula is C16H22N6O2. The van der Waals surface area contributed by atoms with Gasteiger partial charge in [-0.05, 0) is 26.3 Å². The Morgan fingerprint density at radius 2 is 1.96 bits per heavy atom. The van der Waals surface area contributed by atoms with E-state index in [4.69, 9.17) is 4.42 Å². The van der Waals surface area contributed by atoms with Gasteiger partial charge in [-0.25, -0.2) is 9.97 Å². The molecule has 24 heavy (non-hydrogen) atoms. The Balaban J connectivity index is 1.63. The van der Waals surface area contributed by atoms with Gasteiger partial charge in [0.2, 0.25) is 11.8 Å². The number of aromatic nitrogens is 4. The molecule has 1 aliphatic rings. The highest BCUT2D eigenvalue weighted by molar-refractivity contribution is 5.92. The lowest BCUT2D eigenvalue weighted by Crippen LogP contribution is -2.35. The molecule has 1 fully saturated rings. The highest BCUT2D eigenvalue weighted by Crippen LogP contribution is 2.11. The maximum atomic E-state index is 12.7. The second-order valence-electron chi connectivity index (χ2n) is 6.08. The van der Waals surface area contributed by atoms with Crippen molar-refractivity contribution in [3.05, 3.63) is 35.1 Å². The van der Waals surface area contributed by atoms with Gasteiger partial charge in [-0.15, -0.1) is 10.2 Å². The van der Waals surface area contributed by atoms with Crippen molar-refractivity contribution in [1.82, 2.24) is 30.0 Å². The zero-order valence-electron chi connectivity index (χ0n) is 14.3. The van der Waals surface area contributed by atoms with Gasteiger partial charge in [-0.3, -0.25) is 9.69 Å². The first-order valence-electron chi connectivity index (χ1n) is 8.14. The van der Waals surface area contributed by atoms with E-state index in [9.17, 15) is 4.79 Å². The quantitative estimate of drug-likeness (QED) is 0.833. The third kappa shape index (κ3) is 3.94. The van der Waals surface area contributed by atoms with Crippen molar-refractivity contribution in [3.63, 3.8) is 0 Å². The van der Waals surface area contributed by atoms with Crippen LogP contribution < -0.4 is 0 Å². The molecule has 0 spiro atoms. The van der Waals surface area contributed by atoms with E-state index in [0.717, 1.165) is 31.7 Å². The first-order chi connectivity index (χ1) is 11.5. The fourth-order valence-corrected chi connectivity index (χ4v) is 2.91. The summed E-state index contributed by atoms with van der Waals surface area (Å²) in [5.41, 5.74) is 1.29. The van der Waals surface area contributed by atoms with Crippen LogP contribution in [0.5, 0.6) is 0 Å². The molecule has 1 amide bonds. The Morgan fingerprint density at radius 3 is 2.67 bits per heavy atom. The third-order valence-electron chi connectivity index (χ3n) is 3.99. The van der Waals surface area contributed by atoms with Gasteiger partial charge >= 0.3 is 0 Å². The zero-order chi connectivity index (χ0) is 17.1.